The Balaban J connectivity index is 2.01. The maximum absolute atomic E-state index is 11.5. The molecule has 1 aliphatic heterocycles. The van der Waals surface area contributed by atoms with Crippen LogP contribution in [0.2, 0.25) is 0 Å². The molecule has 0 aromatic carbocycles. The molecule has 1 amide bonds. The Hall–Kier alpha value is -1.78. The van der Waals surface area contributed by atoms with E-state index in [-0.39, 0.29) is 18.1 Å². The molecular formula is C10H11N3O2. The lowest BCUT2D eigenvalue weighted by molar-refractivity contribution is -0.139. The zero-order valence-corrected chi connectivity index (χ0v) is 8.22. The molecule has 0 N–H and O–H groups in total. The number of ketones is 1. The number of hydrogen-bond donors (Lipinski definition) is 0. The van der Waals surface area contributed by atoms with E-state index in [0.29, 0.717) is 19.5 Å². The quantitative estimate of drug-likeness (QED) is 0.645. The smallest absolute Gasteiger partial charge is 0.230 e. The second-order valence-corrected chi connectivity index (χ2v) is 3.53. The van der Waals surface area contributed by atoms with Crippen LogP contribution >= 0.6 is 0 Å². The first kappa shape index (κ1) is 9.76. The van der Waals surface area contributed by atoms with Crippen LogP contribution in [0.15, 0.2) is 18.7 Å². The van der Waals surface area contributed by atoms with Crippen LogP contribution < -0.4 is 0 Å². The molecular weight excluding hydrogens is 194 g/mol. The van der Waals surface area contributed by atoms with Crippen molar-refractivity contribution >= 4 is 11.7 Å². The van der Waals surface area contributed by atoms with Gasteiger partial charge in [-0.25, -0.2) is 9.97 Å². The van der Waals surface area contributed by atoms with Crippen molar-refractivity contribution in [3.05, 3.63) is 24.3 Å². The molecule has 0 aliphatic carbocycles. The molecule has 0 unspecified atom stereocenters. The zero-order valence-electron chi connectivity index (χ0n) is 8.22. The maximum Gasteiger partial charge on any atom is 0.230 e. The second kappa shape index (κ2) is 4.16. The van der Waals surface area contributed by atoms with Gasteiger partial charge in [0.2, 0.25) is 5.91 Å². The largest absolute Gasteiger partial charge is 0.337 e. The Morgan fingerprint density at radius 3 is 2.67 bits per heavy atom. The van der Waals surface area contributed by atoms with Gasteiger partial charge in [-0.3, -0.25) is 9.59 Å². The number of aromatic nitrogens is 2. The van der Waals surface area contributed by atoms with Crippen LogP contribution in [0, 0.1) is 0 Å². The van der Waals surface area contributed by atoms with Crippen molar-refractivity contribution < 1.29 is 9.59 Å². The third-order valence-electron chi connectivity index (χ3n) is 2.35. The van der Waals surface area contributed by atoms with Crippen molar-refractivity contribution in [2.75, 3.05) is 6.54 Å². The molecule has 1 aliphatic rings. The fourth-order valence-corrected chi connectivity index (χ4v) is 1.55. The van der Waals surface area contributed by atoms with Gasteiger partial charge in [0.25, 0.3) is 0 Å². The first-order valence-corrected chi connectivity index (χ1v) is 4.79. The normalized spacial score (nSPS) is 16.9. The van der Waals surface area contributed by atoms with E-state index in [9.17, 15) is 9.59 Å². The number of carbonyl (C=O) groups is 2. The van der Waals surface area contributed by atoms with Crippen LogP contribution in [0.25, 0.3) is 0 Å². The Bertz CT molecular complexity index is 378. The van der Waals surface area contributed by atoms with E-state index in [1.165, 1.54) is 6.33 Å². The minimum atomic E-state index is -0.102. The van der Waals surface area contributed by atoms with Crippen molar-refractivity contribution in [3.8, 4) is 0 Å². The summed E-state index contributed by atoms with van der Waals surface area (Å²) >= 11 is 0. The number of likely N-dealkylation sites (tertiary alicyclic amines) is 1. The topological polar surface area (TPSA) is 63.2 Å². The predicted molar refractivity (Wildman–Crippen MR) is 51.7 cm³/mol. The van der Waals surface area contributed by atoms with Gasteiger partial charge in [0.1, 0.15) is 12.1 Å². The second-order valence-electron chi connectivity index (χ2n) is 3.53. The van der Waals surface area contributed by atoms with E-state index in [1.54, 1.807) is 17.3 Å². The molecule has 2 heterocycles. The van der Waals surface area contributed by atoms with Gasteiger partial charge in [0, 0.05) is 37.5 Å². The third-order valence-corrected chi connectivity index (χ3v) is 2.35. The number of hydrogen-bond acceptors (Lipinski definition) is 4. The van der Waals surface area contributed by atoms with Crippen LogP contribution in [0.5, 0.6) is 0 Å². The lowest BCUT2D eigenvalue weighted by Crippen LogP contribution is -2.38. The van der Waals surface area contributed by atoms with Crippen molar-refractivity contribution in [1.29, 1.82) is 0 Å². The molecule has 0 spiro atoms. The average Bonchev–Trinajstić information content (AvgIpc) is 2.24. The summed E-state index contributed by atoms with van der Waals surface area (Å²) in [6.07, 6.45) is 5.30. The van der Waals surface area contributed by atoms with Crippen LogP contribution in [-0.2, 0) is 16.1 Å². The molecule has 78 valence electrons. The first-order chi connectivity index (χ1) is 7.25. The van der Waals surface area contributed by atoms with Gasteiger partial charge in [-0.2, -0.15) is 0 Å². The maximum atomic E-state index is 11.5. The molecule has 1 saturated heterocycles. The van der Waals surface area contributed by atoms with Gasteiger partial charge >= 0.3 is 0 Å². The third kappa shape index (κ3) is 2.37. The average molecular weight is 205 g/mol. The standard InChI is InChI=1S/C10H11N3O2/c14-9-1-2-13(10(15)3-9)6-8-4-11-7-12-5-8/h4-5,7H,1-3,6H2. The number of rotatable bonds is 2. The van der Waals surface area contributed by atoms with Crippen LogP contribution in [0.1, 0.15) is 18.4 Å². The molecule has 2 rings (SSSR count). The van der Waals surface area contributed by atoms with E-state index >= 15 is 0 Å². The lowest BCUT2D eigenvalue weighted by Gasteiger charge is -2.25. The highest BCUT2D eigenvalue weighted by atomic mass is 16.2. The minimum Gasteiger partial charge on any atom is -0.337 e. The fourth-order valence-electron chi connectivity index (χ4n) is 1.55. The molecule has 5 heteroatoms. The lowest BCUT2D eigenvalue weighted by atomic mass is 10.1. The van der Waals surface area contributed by atoms with E-state index in [4.69, 9.17) is 0 Å². The Morgan fingerprint density at radius 1 is 1.27 bits per heavy atom. The summed E-state index contributed by atoms with van der Waals surface area (Å²) in [4.78, 5) is 31.9. The van der Waals surface area contributed by atoms with Gasteiger partial charge in [-0.05, 0) is 0 Å². The highest BCUT2D eigenvalue weighted by Crippen LogP contribution is 2.10. The first-order valence-electron chi connectivity index (χ1n) is 4.79. The van der Waals surface area contributed by atoms with E-state index in [1.807, 2.05) is 0 Å². The summed E-state index contributed by atoms with van der Waals surface area (Å²) in [7, 11) is 0. The highest BCUT2D eigenvalue weighted by Gasteiger charge is 2.23. The molecule has 15 heavy (non-hydrogen) atoms. The molecule has 5 nitrogen and oxygen atoms in total. The molecule has 0 atom stereocenters. The number of nitrogens with zero attached hydrogens (tertiary/aromatic N) is 3. The summed E-state index contributed by atoms with van der Waals surface area (Å²) in [6.45, 7) is 1.000. The van der Waals surface area contributed by atoms with E-state index in [2.05, 4.69) is 9.97 Å². The Morgan fingerprint density at radius 2 is 2.00 bits per heavy atom. The Kier molecular flexibility index (Phi) is 2.71. The molecule has 0 saturated carbocycles. The minimum absolute atomic E-state index is 0.0283. The Labute approximate surface area is 87.1 Å². The van der Waals surface area contributed by atoms with Crippen LogP contribution in [0.4, 0.5) is 0 Å². The van der Waals surface area contributed by atoms with Crippen molar-refractivity contribution in [2.45, 2.75) is 19.4 Å². The number of piperidine rings is 1. The van der Waals surface area contributed by atoms with Gasteiger partial charge in [-0.1, -0.05) is 0 Å². The fraction of sp³-hybridized carbons (Fsp3) is 0.400. The summed E-state index contributed by atoms with van der Waals surface area (Å²) in [6, 6.07) is 0. The van der Waals surface area contributed by atoms with Gasteiger partial charge in [0.05, 0.1) is 6.42 Å². The summed E-state index contributed by atoms with van der Waals surface area (Å²) < 4.78 is 0. The van der Waals surface area contributed by atoms with E-state index < -0.39 is 0 Å². The van der Waals surface area contributed by atoms with Crippen LogP contribution in [-0.4, -0.2) is 33.1 Å². The number of amides is 1. The van der Waals surface area contributed by atoms with Gasteiger partial charge in [0.15, 0.2) is 0 Å². The molecule has 0 radical (unpaired) electrons. The van der Waals surface area contributed by atoms with Gasteiger partial charge in [-0.15, -0.1) is 0 Å². The molecule has 0 bridgehead atoms. The summed E-state index contributed by atoms with van der Waals surface area (Å²) in [5.41, 5.74) is 0.889. The van der Waals surface area contributed by atoms with Crippen molar-refractivity contribution in [2.24, 2.45) is 0 Å². The number of carbonyl (C=O) groups excluding carboxylic acids is 2. The van der Waals surface area contributed by atoms with Crippen LogP contribution in [0.3, 0.4) is 0 Å². The molecule has 1 fully saturated rings. The number of Topliss-reactive ketones (excluding diaryl/α,β-unsaturated/α-hetero) is 1. The highest BCUT2D eigenvalue weighted by molar-refractivity contribution is 6.00. The van der Waals surface area contributed by atoms with Crippen molar-refractivity contribution in [1.82, 2.24) is 14.9 Å². The zero-order chi connectivity index (χ0) is 10.7. The monoisotopic (exact) mass is 205 g/mol. The summed E-state index contributed by atoms with van der Waals surface area (Å²) in [5.74, 6) is -0.0735. The molecule has 1 aromatic heterocycles. The predicted octanol–water partition coefficient (Wildman–Crippen LogP) is 0.168. The molecule has 1 aromatic rings. The summed E-state index contributed by atoms with van der Waals surface area (Å²) in [5, 5.41) is 0. The van der Waals surface area contributed by atoms with Crippen molar-refractivity contribution in [3.63, 3.8) is 0 Å². The SMILES string of the molecule is O=C1CCN(Cc2cncnc2)C(=O)C1. The van der Waals surface area contributed by atoms with E-state index in [0.717, 1.165) is 5.56 Å². The van der Waals surface area contributed by atoms with Gasteiger partial charge < -0.3 is 4.90 Å².